The van der Waals surface area contributed by atoms with Crippen LogP contribution in [0, 0.1) is 18.8 Å². The van der Waals surface area contributed by atoms with Crippen LogP contribution in [0.25, 0.3) is 0 Å². The predicted molar refractivity (Wildman–Crippen MR) is 137 cm³/mol. The van der Waals surface area contributed by atoms with Gasteiger partial charge < -0.3 is 14.7 Å². The first-order valence-electron chi connectivity index (χ1n) is 12.9. The average Bonchev–Trinajstić information content (AvgIpc) is 3.52. The lowest BCUT2D eigenvalue weighted by Gasteiger charge is -2.33. The smallest absolute Gasteiger partial charge is 0.243 e. The van der Waals surface area contributed by atoms with Crippen LogP contribution in [0.3, 0.4) is 0 Å². The lowest BCUT2D eigenvalue weighted by molar-refractivity contribution is -0.124. The number of nitrogens with one attached hydrogen (secondary N) is 1. The fourth-order valence-corrected chi connectivity index (χ4v) is 5.48. The van der Waals surface area contributed by atoms with Gasteiger partial charge in [0.15, 0.2) is 0 Å². The molecule has 1 aliphatic heterocycles. The summed E-state index contributed by atoms with van der Waals surface area (Å²) in [6.07, 6.45) is 5.25. The molecule has 2 fully saturated rings. The first-order chi connectivity index (χ1) is 16.9. The zero-order valence-electron chi connectivity index (χ0n) is 21.3. The highest BCUT2D eigenvalue weighted by molar-refractivity contribution is 6.02. The highest BCUT2D eigenvalue weighted by atomic mass is 16.5. The van der Waals surface area contributed by atoms with Gasteiger partial charge in [-0.25, -0.2) is 0 Å². The normalized spacial score (nSPS) is 22.9. The van der Waals surface area contributed by atoms with E-state index in [-0.39, 0.29) is 17.7 Å². The quantitative estimate of drug-likeness (QED) is 0.590. The van der Waals surface area contributed by atoms with Crippen molar-refractivity contribution >= 4 is 23.0 Å². The van der Waals surface area contributed by atoms with Crippen molar-refractivity contribution in [1.29, 1.82) is 0 Å². The molecule has 35 heavy (non-hydrogen) atoms. The Morgan fingerprint density at radius 1 is 1.31 bits per heavy atom. The molecule has 2 aromatic rings. The fourth-order valence-electron chi connectivity index (χ4n) is 5.48. The van der Waals surface area contributed by atoms with Crippen LogP contribution in [0.1, 0.15) is 55.6 Å². The summed E-state index contributed by atoms with van der Waals surface area (Å²) >= 11 is 0. The molecule has 1 aromatic carbocycles. The first-order valence-corrected chi connectivity index (χ1v) is 12.9. The Bertz CT molecular complexity index is 1130. The van der Waals surface area contributed by atoms with Gasteiger partial charge in [0, 0.05) is 48.7 Å². The van der Waals surface area contributed by atoms with Gasteiger partial charge in [-0.05, 0) is 57.4 Å². The Morgan fingerprint density at radius 3 is 2.80 bits per heavy atom. The molecule has 1 aromatic heterocycles. The summed E-state index contributed by atoms with van der Waals surface area (Å²) in [5, 5.41) is 18.7. The number of ether oxygens (including phenoxy) is 1. The number of H-pyrrole nitrogens is 1. The zero-order chi connectivity index (χ0) is 24.7. The molecule has 8 heteroatoms. The summed E-state index contributed by atoms with van der Waals surface area (Å²) in [4.78, 5) is 22.1. The molecule has 1 amide bonds. The van der Waals surface area contributed by atoms with Gasteiger partial charge in [0.05, 0.1) is 30.7 Å². The Balaban J connectivity index is 1.45. The topological polar surface area (TPSA) is 94.1 Å². The number of aromatic hydroxyl groups is 1. The van der Waals surface area contributed by atoms with Crippen molar-refractivity contribution < 1.29 is 14.6 Å². The number of hydrogen-bond acceptors (Lipinski definition) is 6. The van der Waals surface area contributed by atoms with Crippen LogP contribution in [-0.4, -0.2) is 71.2 Å². The second kappa shape index (κ2) is 9.74. The number of aliphatic imine (C=N–C) groups is 1. The monoisotopic (exact) mass is 479 g/mol. The maximum Gasteiger partial charge on any atom is 0.243 e. The number of anilines is 1. The number of hydrogen-bond donors (Lipinski definition) is 2. The van der Waals surface area contributed by atoms with E-state index >= 15 is 0 Å². The van der Waals surface area contributed by atoms with E-state index in [4.69, 9.17) is 9.73 Å². The number of likely N-dealkylation sites (N-methyl/N-ethyl adjacent to an activating group) is 1. The fraction of sp³-hybridized carbons (Fsp3) is 0.593. The molecule has 3 aliphatic rings. The van der Waals surface area contributed by atoms with Gasteiger partial charge in [-0.15, -0.1) is 0 Å². The van der Waals surface area contributed by atoms with Gasteiger partial charge in [-0.3, -0.25) is 19.8 Å². The molecule has 0 bridgehead atoms. The molecule has 2 heterocycles. The number of phenols is 1. The van der Waals surface area contributed by atoms with Crippen molar-refractivity contribution in [2.75, 3.05) is 38.3 Å². The first kappa shape index (κ1) is 24.0. The van der Waals surface area contributed by atoms with E-state index in [1.165, 1.54) is 17.7 Å². The Kier molecular flexibility index (Phi) is 6.68. The lowest BCUT2D eigenvalue weighted by Crippen LogP contribution is -2.50. The summed E-state index contributed by atoms with van der Waals surface area (Å²) in [5.41, 5.74) is 6.52. The van der Waals surface area contributed by atoms with Crippen LogP contribution in [-0.2, 0) is 22.4 Å². The average molecular weight is 480 g/mol. The van der Waals surface area contributed by atoms with Gasteiger partial charge in [0.2, 0.25) is 5.91 Å². The number of morpholine rings is 1. The van der Waals surface area contributed by atoms with Crippen LogP contribution in [0.4, 0.5) is 11.4 Å². The minimum absolute atomic E-state index is 0.0146. The number of amides is 1. The second-order valence-electron chi connectivity index (χ2n) is 10.3. The van der Waals surface area contributed by atoms with E-state index in [1.807, 2.05) is 19.9 Å². The molecular formula is C27H37N5O3. The standard InChI is InChI=1S/C27H37N5O3/c1-5-6-22(26-21-12-18-11-19(18)13-24(21)29-30-26)28-23-14-20(15-25(33)16(23)2)31(4)27(34)17(3)32-7-9-35-10-8-32/h14-15,17-19,33H,5-13H2,1-4H3,(H,29,30). The molecule has 2 N–H and O–H groups in total. The number of aromatic nitrogens is 2. The summed E-state index contributed by atoms with van der Waals surface area (Å²) in [7, 11) is 1.76. The van der Waals surface area contributed by atoms with Crippen LogP contribution in [0.2, 0.25) is 0 Å². The summed E-state index contributed by atoms with van der Waals surface area (Å²) in [6.45, 7) is 8.72. The molecule has 0 radical (unpaired) electrons. The van der Waals surface area contributed by atoms with Crippen molar-refractivity contribution in [3.8, 4) is 5.75 Å². The van der Waals surface area contributed by atoms with Gasteiger partial charge in [0.25, 0.3) is 0 Å². The molecule has 0 spiro atoms. The highest BCUT2D eigenvalue weighted by Crippen LogP contribution is 2.48. The highest BCUT2D eigenvalue weighted by Gasteiger charge is 2.43. The van der Waals surface area contributed by atoms with Gasteiger partial charge in [-0.1, -0.05) is 13.3 Å². The molecule has 1 saturated heterocycles. The van der Waals surface area contributed by atoms with Gasteiger partial charge >= 0.3 is 0 Å². The van der Waals surface area contributed by atoms with E-state index in [9.17, 15) is 9.90 Å². The van der Waals surface area contributed by atoms with Crippen molar-refractivity contribution in [2.24, 2.45) is 16.8 Å². The molecule has 5 rings (SSSR count). The van der Waals surface area contributed by atoms with Gasteiger partial charge in [-0.2, -0.15) is 5.10 Å². The SMILES string of the molecule is CCCC(=Nc1cc(N(C)C(=O)C(C)N2CCOCC2)cc(O)c1C)c1n[nH]c2c1CC1CC1C2. The summed E-state index contributed by atoms with van der Waals surface area (Å²) in [6, 6.07) is 3.29. The van der Waals surface area contributed by atoms with Crippen molar-refractivity contribution in [3.05, 3.63) is 34.6 Å². The Labute approximate surface area is 207 Å². The number of rotatable bonds is 7. The third-order valence-electron chi connectivity index (χ3n) is 7.98. The number of carbonyl (C=O) groups is 1. The van der Waals surface area contributed by atoms with Crippen LogP contribution >= 0.6 is 0 Å². The largest absolute Gasteiger partial charge is 0.508 e. The van der Waals surface area contributed by atoms with Crippen LogP contribution in [0.5, 0.6) is 5.75 Å². The molecule has 8 nitrogen and oxygen atoms in total. The number of carbonyl (C=O) groups excluding carboxylic acids is 1. The maximum atomic E-state index is 13.3. The maximum absolute atomic E-state index is 13.3. The number of benzene rings is 1. The molecular weight excluding hydrogens is 442 g/mol. The van der Waals surface area contributed by atoms with Crippen LogP contribution < -0.4 is 4.90 Å². The third kappa shape index (κ3) is 4.74. The molecule has 2 aliphatic carbocycles. The van der Waals surface area contributed by atoms with E-state index in [1.54, 1.807) is 18.0 Å². The molecule has 1 saturated carbocycles. The lowest BCUT2D eigenvalue weighted by atomic mass is 9.93. The minimum atomic E-state index is -0.267. The van der Waals surface area contributed by atoms with E-state index in [2.05, 4.69) is 22.0 Å². The number of fused-ring (bicyclic) bond motifs is 2. The predicted octanol–water partition coefficient (Wildman–Crippen LogP) is 3.76. The summed E-state index contributed by atoms with van der Waals surface area (Å²) < 4.78 is 5.43. The minimum Gasteiger partial charge on any atom is -0.508 e. The van der Waals surface area contributed by atoms with E-state index in [0.717, 1.165) is 62.0 Å². The van der Waals surface area contributed by atoms with Crippen LogP contribution in [0.15, 0.2) is 17.1 Å². The number of nitrogens with zero attached hydrogens (tertiary/aromatic N) is 4. The molecule has 3 unspecified atom stereocenters. The molecule has 188 valence electrons. The number of phenolic OH excluding ortho intramolecular Hbond substituents is 1. The molecule has 3 atom stereocenters. The third-order valence-corrected chi connectivity index (χ3v) is 7.98. The summed E-state index contributed by atoms with van der Waals surface area (Å²) in [5.74, 6) is 1.75. The Morgan fingerprint density at radius 2 is 2.06 bits per heavy atom. The van der Waals surface area contributed by atoms with E-state index in [0.29, 0.717) is 30.2 Å². The second-order valence-corrected chi connectivity index (χ2v) is 10.3. The van der Waals surface area contributed by atoms with Crippen molar-refractivity contribution in [1.82, 2.24) is 15.1 Å². The number of aromatic amines is 1. The van der Waals surface area contributed by atoms with Gasteiger partial charge in [0.1, 0.15) is 11.4 Å². The van der Waals surface area contributed by atoms with Crippen molar-refractivity contribution in [3.63, 3.8) is 0 Å². The zero-order valence-corrected chi connectivity index (χ0v) is 21.3. The van der Waals surface area contributed by atoms with E-state index < -0.39 is 0 Å². The Hall–Kier alpha value is -2.71. The van der Waals surface area contributed by atoms with Crippen molar-refractivity contribution in [2.45, 2.75) is 58.9 Å².